The molecule has 27 heavy (non-hydrogen) atoms. The molecule has 0 unspecified atom stereocenters. The summed E-state index contributed by atoms with van der Waals surface area (Å²) in [6.07, 6.45) is 0.984. The van der Waals surface area contributed by atoms with E-state index in [4.69, 9.17) is 9.84 Å². The zero-order valence-electron chi connectivity index (χ0n) is 15.7. The predicted molar refractivity (Wildman–Crippen MR) is 102 cm³/mol. The van der Waals surface area contributed by atoms with Crippen molar-refractivity contribution < 1.29 is 9.13 Å². The van der Waals surface area contributed by atoms with Crippen LogP contribution in [-0.4, -0.2) is 65.5 Å². The number of hydrogen-bond acceptors (Lipinski definition) is 5. The SMILES string of the molecule is Fc1ccc(OCCCN2CCN(Cc3cc4n(n3)CCNC4)CC2)cc1. The molecule has 0 aliphatic carbocycles. The van der Waals surface area contributed by atoms with E-state index in [-0.39, 0.29) is 5.82 Å². The monoisotopic (exact) mass is 373 g/mol. The summed E-state index contributed by atoms with van der Waals surface area (Å²) in [5, 5.41) is 8.13. The average molecular weight is 373 g/mol. The fraction of sp³-hybridized carbons (Fsp3) is 0.550. The Bertz CT molecular complexity index is 701. The number of halogens is 1. The van der Waals surface area contributed by atoms with Crippen LogP contribution in [0.3, 0.4) is 0 Å². The molecule has 2 aliphatic heterocycles. The van der Waals surface area contributed by atoms with E-state index >= 15 is 0 Å². The molecule has 0 radical (unpaired) electrons. The lowest BCUT2D eigenvalue weighted by Gasteiger charge is -2.34. The smallest absolute Gasteiger partial charge is 0.123 e. The molecular formula is C20H28FN5O. The predicted octanol–water partition coefficient (Wildman–Crippen LogP) is 1.71. The molecule has 4 rings (SSSR count). The van der Waals surface area contributed by atoms with Crippen molar-refractivity contribution in [1.82, 2.24) is 24.9 Å². The van der Waals surface area contributed by atoms with E-state index < -0.39 is 0 Å². The van der Waals surface area contributed by atoms with Gasteiger partial charge in [-0.3, -0.25) is 9.58 Å². The zero-order valence-corrected chi connectivity index (χ0v) is 15.7. The third kappa shape index (κ3) is 5.06. The fourth-order valence-electron chi connectivity index (χ4n) is 3.74. The zero-order chi connectivity index (χ0) is 18.5. The van der Waals surface area contributed by atoms with Crippen molar-refractivity contribution in [2.24, 2.45) is 0 Å². The van der Waals surface area contributed by atoms with Gasteiger partial charge < -0.3 is 15.0 Å². The Kier molecular flexibility index (Phi) is 6.01. The summed E-state index contributed by atoms with van der Waals surface area (Å²) >= 11 is 0. The maximum Gasteiger partial charge on any atom is 0.123 e. The Hall–Kier alpha value is -1.96. The van der Waals surface area contributed by atoms with Crippen molar-refractivity contribution in [3.05, 3.63) is 47.5 Å². The minimum atomic E-state index is -0.229. The van der Waals surface area contributed by atoms with Gasteiger partial charge in [0.25, 0.3) is 0 Å². The number of hydrogen-bond donors (Lipinski definition) is 1. The minimum Gasteiger partial charge on any atom is -0.494 e. The molecule has 1 N–H and O–H groups in total. The van der Waals surface area contributed by atoms with Crippen LogP contribution in [0.25, 0.3) is 0 Å². The Morgan fingerprint density at radius 1 is 1.04 bits per heavy atom. The van der Waals surface area contributed by atoms with Gasteiger partial charge in [-0.2, -0.15) is 5.10 Å². The van der Waals surface area contributed by atoms with Crippen LogP contribution in [0.15, 0.2) is 30.3 Å². The Labute approximate surface area is 159 Å². The summed E-state index contributed by atoms with van der Waals surface area (Å²) < 4.78 is 20.7. The van der Waals surface area contributed by atoms with Crippen molar-refractivity contribution in [3.8, 4) is 5.75 Å². The van der Waals surface area contributed by atoms with Gasteiger partial charge in [-0.15, -0.1) is 0 Å². The van der Waals surface area contributed by atoms with Crippen LogP contribution in [0.4, 0.5) is 4.39 Å². The van der Waals surface area contributed by atoms with E-state index in [0.717, 1.165) is 71.1 Å². The van der Waals surface area contributed by atoms with Gasteiger partial charge in [-0.05, 0) is 36.8 Å². The number of piperazine rings is 1. The molecule has 1 aromatic heterocycles. The van der Waals surface area contributed by atoms with E-state index in [9.17, 15) is 4.39 Å². The van der Waals surface area contributed by atoms with Crippen LogP contribution in [0.1, 0.15) is 17.8 Å². The molecule has 0 amide bonds. The normalized spacial score (nSPS) is 18.4. The molecule has 3 heterocycles. The Morgan fingerprint density at radius 3 is 2.59 bits per heavy atom. The van der Waals surface area contributed by atoms with Crippen molar-refractivity contribution in [2.45, 2.75) is 26.1 Å². The van der Waals surface area contributed by atoms with Crippen molar-refractivity contribution >= 4 is 0 Å². The standard InChI is InChI=1S/C20H28FN5O/c21-17-2-4-20(5-3-17)27-13-1-7-24-9-11-25(12-10-24)16-18-14-19-15-22-6-8-26(19)23-18/h2-5,14,22H,1,6-13,15-16H2. The molecule has 1 aromatic carbocycles. The first-order chi connectivity index (χ1) is 13.3. The van der Waals surface area contributed by atoms with Crippen molar-refractivity contribution in [3.63, 3.8) is 0 Å². The van der Waals surface area contributed by atoms with Gasteiger partial charge >= 0.3 is 0 Å². The van der Waals surface area contributed by atoms with Crippen LogP contribution in [0.5, 0.6) is 5.75 Å². The van der Waals surface area contributed by atoms with E-state index in [1.54, 1.807) is 12.1 Å². The number of rotatable bonds is 7. The van der Waals surface area contributed by atoms with Crippen LogP contribution in [0, 0.1) is 5.82 Å². The quantitative estimate of drug-likeness (QED) is 0.749. The topological polar surface area (TPSA) is 45.6 Å². The van der Waals surface area contributed by atoms with Gasteiger partial charge in [0.2, 0.25) is 0 Å². The van der Waals surface area contributed by atoms with Crippen molar-refractivity contribution in [2.75, 3.05) is 45.9 Å². The summed E-state index contributed by atoms with van der Waals surface area (Å²) in [6, 6.07) is 8.46. The van der Waals surface area contributed by atoms with E-state index in [0.29, 0.717) is 6.61 Å². The molecular weight excluding hydrogens is 345 g/mol. The average Bonchev–Trinajstić information content (AvgIpc) is 3.10. The second-order valence-corrected chi connectivity index (χ2v) is 7.30. The summed E-state index contributed by atoms with van der Waals surface area (Å²) in [4.78, 5) is 4.99. The third-order valence-corrected chi connectivity index (χ3v) is 5.27. The number of nitrogens with zero attached hydrogens (tertiary/aromatic N) is 4. The number of benzene rings is 1. The Balaban J connectivity index is 1.14. The second kappa shape index (κ2) is 8.82. The number of aromatic nitrogens is 2. The molecule has 1 saturated heterocycles. The van der Waals surface area contributed by atoms with Crippen LogP contribution in [0.2, 0.25) is 0 Å². The van der Waals surface area contributed by atoms with E-state index in [1.165, 1.54) is 23.5 Å². The summed E-state index contributed by atoms with van der Waals surface area (Å²) in [5.74, 6) is 0.506. The molecule has 0 atom stereocenters. The lowest BCUT2D eigenvalue weighted by molar-refractivity contribution is 0.120. The molecule has 2 aromatic rings. The van der Waals surface area contributed by atoms with Crippen molar-refractivity contribution in [1.29, 1.82) is 0 Å². The highest BCUT2D eigenvalue weighted by Gasteiger charge is 2.19. The van der Waals surface area contributed by atoms with E-state index in [1.807, 2.05) is 0 Å². The Morgan fingerprint density at radius 2 is 1.81 bits per heavy atom. The largest absolute Gasteiger partial charge is 0.494 e. The number of nitrogens with one attached hydrogen (secondary N) is 1. The molecule has 0 spiro atoms. The van der Waals surface area contributed by atoms with Crippen LogP contribution in [-0.2, 0) is 19.6 Å². The fourth-order valence-corrected chi connectivity index (χ4v) is 3.74. The van der Waals surface area contributed by atoms with Crippen LogP contribution < -0.4 is 10.1 Å². The number of fused-ring (bicyclic) bond motifs is 1. The molecule has 7 heteroatoms. The number of ether oxygens (including phenoxy) is 1. The first kappa shape index (κ1) is 18.4. The maximum atomic E-state index is 12.9. The molecule has 1 fully saturated rings. The first-order valence-corrected chi connectivity index (χ1v) is 9.86. The minimum absolute atomic E-state index is 0.229. The van der Waals surface area contributed by atoms with Crippen LogP contribution >= 0.6 is 0 Å². The molecule has 0 saturated carbocycles. The highest BCUT2D eigenvalue weighted by Crippen LogP contribution is 2.13. The maximum absolute atomic E-state index is 12.9. The lowest BCUT2D eigenvalue weighted by Crippen LogP contribution is -2.46. The van der Waals surface area contributed by atoms with Gasteiger partial charge in [-0.25, -0.2) is 4.39 Å². The van der Waals surface area contributed by atoms with Gasteiger partial charge in [-0.1, -0.05) is 0 Å². The lowest BCUT2D eigenvalue weighted by atomic mass is 10.2. The van der Waals surface area contributed by atoms with Gasteiger partial charge in [0.15, 0.2) is 0 Å². The van der Waals surface area contributed by atoms with Gasteiger partial charge in [0.05, 0.1) is 24.5 Å². The second-order valence-electron chi connectivity index (χ2n) is 7.30. The van der Waals surface area contributed by atoms with Gasteiger partial charge in [0, 0.05) is 52.4 Å². The summed E-state index contributed by atoms with van der Waals surface area (Å²) in [6.45, 7) is 9.92. The van der Waals surface area contributed by atoms with Gasteiger partial charge in [0.1, 0.15) is 11.6 Å². The summed E-state index contributed by atoms with van der Waals surface area (Å²) in [7, 11) is 0. The molecule has 0 bridgehead atoms. The van der Waals surface area contributed by atoms with E-state index in [2.05, 4.69) is 25.9 Å². The highest BCUT2D eigenvalue weighted by molar-refractivity contribution is 5.21. The summed E-state index contributed by atoms with van der Waals surface area (Å²) in [5.41, 5.74) is 2.49. The molecule has 2 aliphatic rings. The first-order valence-electron chi connectivity index (χ1n) is 9.86. The third-order valence-electron chi connectivity index (χ3n) is 5.27. The highest BCUT2D eigenvalue weighted by atomic mass is 19.1. The molecule has 6 nitrogen and oxygen atoms in total. The molecule has 146 valence electrons.